The Morgan fingerprint density at radius 1 is 1.20 bits per heavy atom. The molecule has 0 saturated heterocycles. The van der Waals surface area contributed by atoms with Gasteiger partial charge in [-0.05, 0) is 6.92 Å². The molecule has 10 heavy (non-hydrogen) atoms. The summed E-state index contributed by atoms with van der Waals surface area (Å²) >= 11 is 0. The average Bonchev–Trinajstić information content (AvgIpc) is 1.63. The zero-order valence-electron chi connectivity index (χ0n) is 5.30. The number of hydrogen-bond acceptors (Lipinski definition) is 4. The number of aliphatic hydroxyl groups excluding tert-OH is 2. The van der Waals surface area contributed by atoms with E-state index in [1.54, 1.807) is 0 Å². The first-order valence-corrected chi connectivity index (χ1v) is 2.34. The Hall–Kier alpha value is -0.850. The molecule has 62 valence electrons. The summed E-state index contributed by atoms with van der Waals surface area (Å²) in [5.74, 6) is 0. The van der Waals surface area contributed by atoms with Gasteiger partial charge in [-0.25, -0.2) is 4.79 Å². The van der Waals surface area contributed by atoms with E-state index in [1.165, 1.54) is 6.92 Å². The lowest BCUT2D eigenvalue weighted by Gasteiger charge is -2.02. The number of hydrogen-bond donors (Lipinski definition) is 5. The normalized spacial score (nSPS) is 11.7. The van der Waals surface area contributed by atoms with Gasteiger partial charge in [-0.2, -0.15) is 0 Å². The number of carbonyl (C=O) groups is 1. The molecule has 0 fully saturated rings. The lowest BCUT2D eigenvalue weighted by atomic mass is 10.4. The smallest absolute Gasteiger partial charge is 0.450 e. The highest BCUT2D eigenvalue weighted by Gasteiger charge is 2.01. The third kappa shape index (κ3) is 27.3. The second kappa shape index (κ2) is 6.27. The van der Waals surface area contributed by atoms with Crippen molar-refractivity contribution in [3.05, 3.63) is 0 Å². The molecule has 0 heterocycles. The summed E-state index contributed by atoms with van der Waals surface area (Å²) in [5.41, 5.74) is 0. The van der Waals surface area contributed by atoms with E-state index in [-0.39, 0.29) is 0 Å². The van der Waals surface area contributed by atoms with E-state index in [9.17, 15) is 0 Å². The van der Waals surface area contributed by atoms with Crippen LogP contribution in [0.15, 0.2) is 0 Å². The van der Waals surface area contributed by atoms with Gasteiger partial charge in [0.25, 0.3) is 0 Å². The van der Waals surface area contributed by atoms with E-state index in [1.807, 2.05) is 0 Å². The Morgan fingerprint density at radius 2 is 1.30 bits per heavy atom. The van der Waals surface area contributed by atoms with Crippen LogP contribution in [0, 0.1) is 0 Å². The molecule has 0 radical (unpaired) electrons. The molecule has 0 aliphatic carbocycles. The van der Waals surface area contributed by atoms with Crippen LogP contribution in [-0.2, 0) is 0 Å². The van der Waals surface area contributed by atoms with E-state index < -0.39 is 18.5 Å². The zero-order chi connectivity index (χ0) is 8.73. The minimum Gasteiger partial charge on any atom is -0.450 e. The van der Waals surface area contributed by atoms with Gasteiger partial charge < -0.3 is 25.5 Å². The molecule has 5 N–H and O–H groups in total. The van der Waals surface area contributed by atoms with Gasteiger partial charge >= 0.3 is 6.16 Å². The summed E-state index contributed by atoms with van der Waals surface area (Å²) in [6, 6.07) is 0. The third-order valence-corrected chi connectivity index (χ3v) is 0.431. The molecule has 6 nitrogen and oxygen atoms in total. The Morgan fingerprint density at radius 3 is 1.30 bits per heavy atom. The highest BCUT2D eigenvalue weighted by Crippen LogP contribution is 1.81. The molecular formula is C4H10O6. The van der Waals surface area contributed by atoms with Gasteiger partial charge in [0.2, 0.25) is 0 Å². The summed E-state index contributed by atoms with van der Waals surface area (Å²) in [5, 5.41) is 37.9. The largest absolute Gasteiger partial charge is 0.503 e. The van der Waals surface area contributed by atoms with Gasteiger partial charge in [-0.1, -0.05) is 0 Å². The van der Waals surface area contributed by atoms with Crippen molar-refractivity contribution in [1.82, 2.24) is 0 Å². The Kier molecular flexibility index (Phi) is 7.46. The first kappa shape index (κ1) is 11.9. The first-order valence-electron chi connectivity index (χ1n) is 2.34. The molecule has 0 amide bonds. The standard InChI is InChI=1S/C3H8O3.CH2O3/c1-2(4)3(5)6;2-1(3)4/h2-6H,1H3;(H2,2,3,4). The number of rotatable bonds is 1. The molecule has 0 aliphatic heterocycles. The number of carboxylic acid groups (broad SMARTS) is 2. The highest BCUT2D eigenvalue weighted by atomic mass is 16.6. The molecule has 0 aliphatic rings. The van der Waals surface area contributed by atoms with Crippen LogP contribution in [0.5, 0.6) is 0 Å². The van der Waals surface area contributed by atoms with Gasteiger partial charge in [0, 0.05) is 0 Å². The minimum atomic E-state index is -1.83. The average molecular weight is 154 g/mol. The van der Waals surface area contributed by atoms with Crippen molar-refractivity contribution < 1.29 is 30.3 Å². The SMILES string of the molecule is CC(O)C(O)O.O=C(O)O. The van der Waals surface area contributed by atoms with Crippen LogP contribution >= 0.6 is 0 Å². The fourth-order valence-corrected chi connectivity index (χ4v) is 0. The van der Waals surface area contributed by atoms with E-state index in [0.717, 1.165) is 0 Å². The highest BCUT2D eigenvalue weighted by molar-refractivity contribution is 5.53. The molecule has 0 saturated carbocycles. The van der Waals surface area contributed by atoms with Gasteiger partial charge in [-0.3, -0.25) is 0 Å². The third-order valence-electron chi connectivity index (χ3n) is 0.431. The molecule has 6 heteroatoms. The van der Waals surface area contributed by atoms with E-state index in [2.05, 4.69) is 0 Å². The predicted molar refractivity (Wildman–Crippen MR) is 30.6 cm³/mol. The van der Waals surface area contributed by atoms with Crippen molar-refractivity contribution in [2.45, 2.75) is 19.3 Å². The molecule has 0 bridgehead atoms. The second-order valence-electron chi connectivity index (χ2n) is 1.44. The van der Waals surface area contributed by atoms with Crippen molar-refractivity contribution >= 4 is 6.16 Å². The lowest BCUT2D eigenvalue weighted by molar-refractivity contribution is -0.114. The van der Waals surface area contributed by atoms with Crippen molar-refractivity contribution in [2.75, 3.05) is 0 Å². The fourth-order valence-electron chi connectivity index (χ4n) is 0. The quantitative estimate of drug-likeness (QED) is 0.306. The van der Waals surface area contributed by atoms with Crippen LogP contribution in [-0.4, -0.2) is 44.1 Å². The van der Waals surface area contributed by atoms with E-state index in [0.29, 0.717) is 0 Å². The maximum absolute atomic E-state index is 8.56. The van der Waals surface area contributed by atoms with E-state index >= 15 is 0 Å². The maximum Gasteiger partial charge on any atom is 0.503 e. The summed E-state index contributed by atoms with van der Waals surface area (Å²) in [6.07, 6.45) is -4.46. The Balaban J connectivity index is 0. The summed E-state index contributed by atoms with van der Waals surface area (Å²) < 4.78 is 0. The summed E-state index contributed by atoms with van der Waals surface area (Å²) in [6.45, 7) is 1.30. The second-order valence-corrected chi connectivity index (χ2v) is 1.44. The molecule has 0 aromatic rings. The Bertz CT molecular complexity index is 77.7. The molecular weight excluding hydrogens is 144 g/mol. The molecule has 1 unspecified atom stereocenters. The Labute approximate surface area is 57.0 Å². The van der Waals surface area contributed by atoms with Crippen LogP contribution in [0.25, 0.3) is 0 Å². The summed E-state index contributed by atoms with van der Waals surface area (Å²) in [4.78, 5) is 8.56. The van der Waals surface area contributed by atoms with Crippen LogP contribution in [0.2, 0.25) is 0 Å². The lowest BCUT2D eigenvalue weighted by Crippen LogP contribution is -2.20. The molecule has 0 aromatic carbocycles. The molecule has 1 atom stereocenters. The van der Waals surface area contributed by atoms with Crippen LogP contribution in [0.3, 0.4) is 0 Å². The minimum absolute atomic E-state index is 1.04. The van der Waals surface area contributed by atoms with Gasteiger partial charge in [0.05, 0.1) is 0 Å². The van der Waals surface area contributed by atoms with Crippen molar-refractivity contribution in [3.63, 3.8) is 0 Å². The topological polar surface area (TPSA) is 118 Å². The van der Waals surface area contributed by atoms with Crippen molar-refractivity contribution in [1.29, 1.82) is 0 Å². The van der Waals surface area contributed by atoms with Crippen LogP contribution < -0.4 is 0 Å². The number of aliphatic hydroxyl groups is 3. The first-order chi connectivity index (χ1) is 4.37. The van der Waals surface area contributed by atoms with Crippen molar-refractivity contribution in [3.8, 4) is 0 Å². The van der Waals surface area contributed by atoms with Crippen LogP contribution in [0.1, 0.15) is 6.92 Å². The van der Waals surface area contributed by atoms with Gasteiger partial charge in [0.1, 0.15) is 6.10 Å². The zero-order valence-corrected chi connectivity index (χ0v) is 5.30. The van der Waals surface area contributed by atoms with Crippen LogP contribution in [0.4, 0.5) is 4.79 Å². The molecule has 0 spiro atoms. The van der Waals surface area contributed by atoms with Gasteiger partial charge in [-0.15, -0.1) is 0 Å². The van der Waals surface area contributed by atoms with Crippen molar-refractivity contribution in [2.24, 2.45) is 0 Å². The molecule has 0 rings (SSSR count). The van der Waals surface area contributed by atoms with Gasteiger partial charge in [0.15, 0.2) is 6.29 Å². The predicted octanol–water partition coefficient (Wildman–Crippen LogP) is -1.10. The maximum atomic E-state index is 8.56. The summed E-state index contributed by atoms with van der Waals surface area (Å²) in [7, 11) is 0. The molecule has 0 aromatic heterocycles. The monoisotopic (exact) mass is 154 g/mol. The van der Waals surface area contributed by atoms with E-state index in [4.69, 9.17) is 30.3 Å². The fraction of sp³-hybridized carbons (Fsp3) is 0.750.